The van der Waals surface area contributed by atoms with Crippen LogP contribution in [0.15, 0.2) is 121 Å². The highest BCUT2D eigenvalue weighted by atomic mass is 31.1. The predicted molar refractivity (Wildman–Crippen MR) is 218 cm³/mol. The second-order valence-corrected chi connectivity index (χ2v) is 21.1. The van der Waals surface area contributed by atoms with E-state index in [1.54, 1.807) is 21.2 Å². The van der Waals surface area contributed by atoms with Crippen molar-refractivity contribution in [1.29, 1.82) is 0 Å². The summed E-state index contributed by atoms with van der Waals surface area (Å²) in [5.41, 5.74) is 14.3. The van der Waals surface area contributed by atoms with Crippen molar-refractivity contribution in [3.05, 3.63) is 121 Å². The smallest absolute Gasteiger partial charge is 0.00488 e. The first-order chi connectivity index (χ1) is 24.7. The van der Waals surface area contributed by atoms with Crippen LogP contribution in [0.3, 0.4) is 0 Å². The first kappa shape index (κ1) is 34.7. The molecular weight excluding hydrogens is 642 g/mol. The average molecular weight is 701 g/mol. The quantitative estimate of drug-likeness (QED) is 0.172. The average Bonchev–Trinajstić information content (AvgIpc) is 3.19. The lowest BCUT2D eigenvalue weighted by Crippen LogP contribution is -2.54. The van der Waals surface area contributed by atoms with Crippen LogP contribution in [-0.4, -0.2) is 24.4 Å². The zero-order valence-corrected chi connectivity index (χ0v) is 31.6. The fourth-order valence-electron chi connectivity index (χ4n) is 11.7. The van der Waals surface area contributed by atoms with E-state index in [0.29, 0.717) is 23.2 Å². The van der Waals surface area contributed by atoms with Gasteiger partial charge in [-0.1, -0.05) is 121 Å². The summed E-state index contributed by atoms with van der Waals surface area (Å²) in [6.45, 7) is 1.73. The molecule has 8 rings (SSSR count). The van der Waals surface area contributed by atoms with Gasteiger partial charge in [-0.2, -0.15) is 0 Å². The summed E-state index contributed by atoms with van der Waals surface area (Å²) in [5.74, 6) is 6.14. The molecule has 4 aromatic carbocycles. The molecule has 10 unspecified atom stereocenters. The van der Waals surface area contributed by atoms with Crippen molar-refractivity contribution in [2.45, 2.75) is 75.5 Å². The van der Waals surface area contributed by atoms with Gasteiger partial charge in [-0.05, 0) is 173 Å². The van der Waals surface area contributed by atoms with Gasteiger partial charge in [-0.3, -0.25) is 0 Å². The normalized spacial score (nSPS) is 32.7. The lowest BCUT2D eigenvalue weighted by Gasteiger charge is -2.59. The van der Waals surface area contributed by atoms with Crippen molar-refractivity contribution >= 4 is 37.1 Å². The molecule has 4 N–H and O–H groups in total. The van der Waals surface area contributed by atoms with Gasteiger partial charge >= 0.3 is 0 Å². The van der Waals surface area contributed by atoms with Gasteiger partial charge in [0.2, 0.25) is 0 Å². The van der Waals surface area contributed by atoms with Crippen molar-refractivity contribution in [3.63, 3.8) is 0 Å². The summed E-state index contributed by atoms with van der Waals surface area (Å²) in [4.78, 5) is 0. The summed E-state index contributed by atoms with van der Waals surface area (Å²) in [5, 5.41) is 6.34. The van der Waals surface area contributed by atoms with Crippen LogP contribution in [0.5, 0.6) is 0 Å². The summed E-state index contributed by atoms with van der Waals surface area (Å²) in [6.07, 6.45) is 13.6. The van der Waals surface area contributed by atoms with Crippen LogP contribution in [0, 0.1) is 47.3 Å². The van der Waals surface area contributed by atoms with Gasteiger partial charge in [0.25, 0.3) is 0 Å². The molecule has 4 aromatic rings. The van der Waals surface area contributed by atoms with Gasteiger partial charge in [0.1, 0.15) is 0 Å². The second-order valence-electron chi connectivity index (χ2n) is 16.2. The van der Waals surface area contributed by atoms with Crippen LogP contribution in [0.2, 0.25) is 0 Å². The molecule has 0 amide bonds. The van der Waals surface area contributed by atoms with Crippen LogP contribution in [0.4, 0.5) is 0 Å². The molecule has 4 fully saturated rings. The van der Waals surface area contributed by atoms with Crippen molar-refractivity contribution < 1.29 is 0 Å². The fourth-order valence-corrected chi connectivity index (χ4v) is 18.1. The third kappa shape index (κ3) is 7.05. The van der Waals surface area contributed by atoms with Crippen LogP contribution in [0.25, 0.3) is 0 Å². The Labute approximate surface area is 304 Å². The van der Waals surface area contributed by atoms with Crippen molar-refractivity contribution in [2.75, 3.05) is 13.1 Å². The van der Waals surface area contributed by atoms with Crippen LogP contribution in [-0.2, 0) is 0 Å². The Kier molecular flexibility index (Phi) is 11.2. The van der Waals surface area contributed by atoms with Crippen LogP contribution in [0.1, 0.15) is 64.2 Å². The van der Waals surface area contributed by atoms with Crippen molar-refractivity contribution in [2.24, 2.45) is 58.8 Å². The van der Waals surface area contributed by atoms with Gasteiger partial charge in [-0.15, -0.1) is 0 Å². The molecule has 0 spiro atoms. The van der Waals surface area contributed by atoms with Gasteiger partial charge in [-0.25, -0.2) is 0 Å². The Morgan fingerprint density at radius 1 is 0.400 bits per heavy atom. The van der Waals surface area contributed by atoms with Gasteiger partial charge in [0.15, 0.2) is 0 Å². The molecule has 262 valence electrons. The largest absolute Gasteiger partial charge is 0.330 e. The maximum atomic E-state index is 6.43. The standard InChI is InChI=1S/C46H58N2P2/c47-31-33-21-25-41-35(29-33)23-27-43(49(37-13-5-1-6-14-37)38-15-7-2-8-16-38)45(41)46-42-26-22-34(32-48)30-36(42)24-28-44(46)50(39-17-9-3-10-18-39)40-19-11-4-12-20-40/h1-20,33-36,41-46H,21-32,47-48H2. The van der Waals surface area contributed by atoms with E-state index >= 15 is 0 Å². The highest BCUT2D eigenvalue weighted by molar-refractivity contribution is 7.74. The summed E-state index contributed by atoms with van der Waals surface area (Å²) in [7, 11) is -1.00. The third-order valence-electron chi connectivity index (χ3n) is 13.8. The van der Waals surface area contributed by atoms with E-state index in [-0.39, 0.29) is 0 Å². The third-order valence-corrected chi connectivity index (χ3v) is 19.7. The molecule has 0 heterocycles. The molecule has 4 aliphatic rings. The SMILES string of the molecule is NCC1CCC2C(CCC(P(c3ccccc3)c3ccccc3)C2C2C3CCC(CN)CC3CCC2P(c2ccccc2)c2ccccc2)C1. The van der Waals surface area contributed by atoms with E-state index < -0.39 is 15.8 Å². The van der Waals surface area contributed by atoms with Gasteiger partial charge < -0.3 is 11.5 Å². The number of fused-ring (bicyclic) bond motifs is 2. The number of benzene rings is 4. The van der Waals surface area contributed by atoms with Crippen molar-refractivity contribution in [1.82, 2.24) is 0 Å². The molecular formula is C46H58N2P2. The zero-order chi connectivity index (χ0) is 33.9. The number of nitrogens with two attached hydrogens (primary N) is 2. The lowest BCUT2D eigenvalue weighted by atomic mass is 9.53. The molecule has 0 radical (unpaired) electrons. The molecule has 0 bridgehead atoms. The van der Waals surface area contributed by atoms with E-state index in [1.807, 2.05) is 0 Å². The Morgan fingerprint density at radius 3 is 1.02 bits per heavy atom. The molecule has 4 aliphatic carbocycles. The number of hydrogen-bond donors (Lipinski definition) is 2. The summed E-state index contributed by atoms with van der Waals surface area (Å²) >= 11 is 0. The Hall–Kier alpha value is -2.34. The maximum Gasteiger partial charge on any atom is -0.00488 e. The minimum Gasteiger partial charge on any atom is -0.330 e. The predicted octanol–water partition coefficient (Wildman–Crippen LogP) is 8.79. The minimum absolute atomic E-state index is 0.501. The lowest BCUT2D eigenvalue weighted by molar-refractivity contribution is -0.0179. The van der Waals surface area contributed by atoms with E-state index in [2.05, 4.69) is 121 Å². The van der Waals surface area contributed by atoms with E-state index in [9.17, 15) is 0 Å². The van der Waals surface area contributed by atoms with Gasteiger partial charge in [0, 0.05) is 0 Å². The first-order valence-corrected chi connectivity index (χ1v) is 22.7. The topological polar surface area (TPSA) is 52.0 Å². The number of rotatable bonds is 9. The zero-order valence-electron chi connectivity index (χ0n) is 29.9. The highest BCUT2D eigenvalue weighted by Crippen LogP contribution is 2.65. The van der Waals surface area contributed by atoms with Crippen molar-refractivity contribution in [3.8, 4) is 0 Å². The molecule has 10 atom stereocenters. The Bertz CT molecular complexity index is 1420. The molecule has 0 saturated heterocycles. The van der Waals surface area contributed by atoms with E-state index in [0.717, 1.165) is 48.6 Å². The highest BCUT2D eigenvalue weighted by Gasteiger charge is 2.55. The molecule has 50 heavy (non-hydrogen) atoms. The van der Waals surface area contributed by atoms with Gasteiger partial charge in [0.05, 0.1) is 0 Å². The number of hydrogen-bond acceptors (Lipinski definition) is 2. The monoisotopic (exact) mass is 700 g/mol. The molecule has 2 nitrogen and oxygen atoms in total. The maximum absolute atomic E-state index is 6.43. The summed E-state index contributed by atoms with van der Waals surface area (Å²) in [6, 6.07) is 47.1. The Morgan fingerprint density at radius 2 is 0.720 bits per heavy atom. The second kappa shape index (κ2) is 16.1. The first-order valence-electron chi connectivity index (χ1n) is 19.9. The van der Waals surface area contributed by atoms with Crippen LogP contribution >= 0.6 is 15.8 Å². The molecule has 4 heteroatoms. The van der Waals surface area contributed by atoms with Crippen LogP contribution < -0.4 is 32.7 Å². The summed E-state index contributed by atoms with van der Waals surface area (Å²) < 4.78 is 0. The van der Waals surface area contributed by atoms with E-state index in [1.165, 1.54) is 64.2 Å². The molecule has 0 aromatic heterocycles. The molecule has 4 saturated carbocycles. The molecule has 0 aliphatic heterocycles. The minimum atomic E-state index is -0.501. The van der Waals surface area contributed by atoms with E-state index in [4.69, 9.17) is 11.5 Å². The Balaban J connectivity index is 1.30. The fraction of sp³-hybridized carbons (Fsp3) is 0.478.